The van der Waals surface area contributed by atoms with Crippen LogP contribution in [0.15, 0.2) is 15.9 Å². The van der Waals surface area contributed by atoms with E-state index in [4.69, 9.17) is 10.2 Å². The molecule has 0 atom stereocenters. The third-order valence-electron chi connectivity index (χ3n) is 1.88. The number of hydrogen-bond acceptors (Lipinski definition) is 5. The van der Waals surface area contributed by atoms with Crippen LogP contribution in [0.4, 0.5) is 0 Å². The second kappa shape index (κ2) is 6.14. The van der Waals surface area contributed by atoms with Crippen LogP contribution in [-0.2, 0) is 9.59 Å². The molecule has 5 N–H and O–H groups in total. The van der Waals surface area contributed by atoms with Crippen LogP contribution >= 0.6 is 0 Å². The van der Waals surface area contributed by atoms with E-state index in [0.717, 1.165) is 0 Å². The first-order valence-electron chi connectivity index (χ1n) is 4.99. The predicted octanol–water partition coefficient (Wildman–Crippen LogP) is -1.12. The number of carbonyl (C=O) groups is 2. The summed E-state index contributed by atoms with van der Waals surface area (Å²) in [4.78, 5) is 51.5. The molecule has 2 aromatic rings. The Bertz CT molecular complexity index is 682. The number of aromatic amines is 3. The van der Waals surface area contributed by atoms with Crippen molar-refractivity contribution < 1.29 is 19.8 Å². The molecule has 10 heteroatoms. The van der Waals surface area contributed by atoms with Gasteiger partial charge < -0.3 is 15.2 Å². The molecule has 0 aliphatic heterocycles. The van der Waals surface area contributed by atoms with Gasteiger partial charge in [0.2, 0.25) is 0 Å². The zero-order valence-corrected chi connectivity index (χ0v) is 9.47. The summed E-state index contributed by atoms with van der Waals surface area (Å²) in [6, 6.07) is 0. The van der Waals surface area contributed by atoms with E-state index < -0.39 is 23.2 Å². The summed E-state index contributed by atoms with van der Waals surface area (Å²) in [6.45, 7) is 0. The smallest absolute Gasteiger partial charge is 0.327 e. The molecular weight excluding hydrogens is 260 g/mol. The first-order valence-corrected chi connectivity index (χ1v) is 4.99. The zero-order chi connectivity index (χ0) is 14.4. The molecule has 0 bridgehead atoms. The van der Waals surface area contributed by atoms with Crippen molar-refractivity contribution in [1.29, 1.82) is 0 Å². The topological polar surface area (TPSA) is 169 Å². The normalized spacial score (nSPS) is 9.68. The largest absolute Gasteiger partial charge is 0.481 e. The number of aliphatic carboxylic acids is 2. The van der Waals surface area contributed by atoms with Gasteiger partial charge in [0.25, 0.3) is 5.56 Å². The monoisotopic (exact) mass is 270 g/mol. The number of rotatable bonds is 3. The number of nitrogens with zero attached hydrogens (tertiary/aromatic N) is 1. The molecular formula is C9H10N4O6. The Kier molecular flexibility index (Phi) is 4.57. The van der Waals surface area contributed by atoms with Gasteiger partial charge in [-0.3, -0.25) is 24.4 Å². The Balaban J connectivity index is 0.000000203. The van der Waals surface area contributed by atoms with Gasteiger partial charge in [-0.05, 0) is 0 Å². The van der Waals surface area contributed by atoms with Crippen LogP contribution in [0.1, 0.15) is 12.8 Å². The molecule has 0 amide bonds. The van der Waals surface area contributed by atoms with Crippen LogP contribution < -0.4 is 11.2 Å². The molecule has 0 spiro atoms. The van der Waals surface area contributed by atoms with Crippen LogP contribution in [0.3, 0.4) is 0 Å². The van der Waals surface area contributed by atoms with Crippen LogP contribution in [0.2, 0.25) is 0 Å². The number of nitrogens with one attached hydrogen (secondary N) is 3. The summed E-state index contributed by atoms with van der Waals surface area (Å²) in [5, 5.41) is 15.8. The molecule has 102 valence electrons. The highest BCUT2D eigenvalue weighted by Crippen LogP contribution is 1.92. The number of H-pyrrole nitrogens is 3. The molecule has 0 saturated heterocycles. The van der Waals surface area contributed by atoms with E-state index in [1.54, 1.807) is 0 Å². The van der Waals surface area contributed by atoms with E-state index in [1.807, 2.05) is 0 Å². The number of fused-ring (bicyclic) bond motifs is 1. The summed E-state index contributed by atoms with van der Waals surface area (Å²) >= 11 is 0. The first kappa shape index (κ1) is 14.2. The summed E-state index contributed by atoms with van der Waals surface area (Å²) in [6.07, 6.45) is 0.751. The molecule has 0 aromatic carbocycles. The molecule has 0 fully saturated rings. The highest BCUT2D eigenvalue weighted by Gasteiger charge is 2.00. The molecule has 10 nitrogen and oxygen atoms in total. The molecule has 2 heterocycles. The Morgan fingerprint density at radius 2 is 1.68 bits per heavy atom. The lowest BCUT2D eigenvalue weighted by atomic mass is 10.3. The minimum absolute atomic E-state index is 0.277. The standard InChI is InChI=1S/C5H4N4O2.C4H6O4/c10-4-2-3(7-1-6-2)8-5(11)9-4;5-3(6)1-2-4(7)8/h1H,(H3,6,7,8,9,10,11);1-2H2,(H,5,6)(H,7,8). The van der Waals surface area contributed by atoms with Gasteiger partial charge in [0.15, 0.2) is 5.65 Å². The van der Waals surface area contributed by atoms with Gasteiger partial charge >= 0.3 is 17.6 Å². The average Bonchev–Trinajstić information content (AvgIpc) is 2.75. The van der Waals surface area contributed by atoms with Crippen molar-refractivity contribution in [2.45, 2.75) is 12.8 Å². The Labute approximate surface area is 104 Å². The molecule has 2 aromatic heterocycles. The van der Waals surface area contributed by atoms with E-state index in [1.165, 1.54) is 6.33 Å². The van der Waals surface area contributed by atoms with Crippen molar-refractivity contribution in [2.24, 2.45) is 0 Å². The van der Waals surface area contributed by atoms with Crippen molar-refractivity contribution in [3.63, 3.8) is 0 Å². The van der Waals surface area contributed by atoms with E-state index >= 15 is 0 Å². The second-order valence-electron chi connectivity index (χ2n) is 3.32. The number of carboxylic acid groups (broad SMARTS) is 2. The number of hydrogen-bond donors (Lipinski definition) is 5. The highest BCUT2D eigenvalue weighted by atomic mass is 16.4. The van der Waals surface area contributed by atoms with Crippen molar-refractivity contribution in [3.05, 3.63) is 27.2 Å². The molecule has 0 radical (unpaired) electrons. The quantitative estimate of drug-likeness (QED) is 0.470. The molecule has 2 rings (SSSR count). The first-order chi connectivity index (χ1) is 8.90. The maximum absolute atomic E-state index is 10.9. The van der Waals surface area contributed by atoms with Crippen molar-refractivity contribution >= 4 is 23.1 Å². The number of carboxylic acids is 2. The Morgan fingerprint density at radius 3 is 2.21 bits per heavy atom. The summed E-state index contributed by atoms with van der Waals surface area (Å²) in [5.74, 6) is -2.15. The zero-order valence-electron chi connectivity index (χ0n) is 9.47. The summed E-state index contributed by atoms with van der Waals surface area (Å²) in [7, 11) is 0. The minimum atomic E-state index is -1.08. The fourth-order valence-electron chi connectivity index (χ4n) is 1.08. The molecule has 19 heavy (non-hydrogen) atoms. The van der Waals surface area contributed by atoms with Crippen molar-refractivity contribution in [1.82, 2.24) is 19.9 Å². The van der Waals surface area contributed by atoms with Gasteiger partial charge in [-0.25, -0.2) is 9.78 Å². The lowest BCUT2D eigenvalue weighted by Gasteiger charge is -1.85. The van der Waals surface area contributed by atoms with E-state index in [2.05, 4.69) is 19.9 Å². The maximum Gasteiger partial charge on any atom is 0.327 e. The SMILES string of the molecule is O=C(O)CCC(=O)O.O=c1[nH]c(=O)c2[nH]cnc2[nH]1. The van der Waals surface area contributed by atoms with Gasteiger partial charge in [0, 0.05) is 0 Å². The molecule has 0 aliphatic carbocycles. The van der Waals surface area contributed by atoms with Gasteiger partial charge in [0.1, 0.15) is 5.52 Å². The fourth-order valence-corrected chi connectivity index (χ4v) is 1.08. The Morgan fingerprint density at radius 1 is 1.11 bits per heavy atom. The van der Waals surface area contributed by atoms with Crippen LogP contribution in [-0.4, -0.2) is 42.1 Å². The summed E-state index contributed by atoms with van der Waals surface area (Å²) in [5.41, 5.74) is -0.445. The second-order valence-corrected chi connectivity index (χ2v) is 3.32. The molecule has 0 unspecified atom stereocenters. The van der Waals surface area contributed by atoms with Gasteiger partial charge in [-0.1, -0.05) is 0 Å². The van der Waals surface area contributed by atoms with E-state index in [0.29, 0.717) is 0 Å². The maximum atomic E-state index is 10.9. The fraction of sp³-hybridized carbons (Fsp3) is 0.222. The number of imidazole rings is 1. The van der Waals surface area contributed by atoms with Crippen molar-refractivity contribution in [2.75, 3.05) is 0 Å². The van der Waals surface area contributed by atoms with Crippen LogP contribution in [0.5, 0.6) is 0 Å². The lowest BCUT2D eigenvalue weighted by Crippen LogP contribution is -2.21. The lowest BCUT2D eigenvalue weighted by molar-refractivity contribution is -0.143. The number of aromatic nitrogens is 4. The van der Waals surface area contributed by atoms with Crippen molar-refractivity contribution in [3.8, 4) is 0 Å². The third kappa shape index (κ3) is 4.46. The van der Waals surface area contributed by atoms with E-state index in [9.17, 15) is 19.2 Å². The van der Waals surface area contributed by atoms with Crippen LogP contribution in [0, 0.1) is 0 Å². The predicted molar refractivity (Wildman–Crippen MR) is 61.8 cm³/mol. The molecule has 0 aliphatic rings. The Hall–Kier alpha value is -2.91. The highest BCUT2D eigenvalue weighted by molar-refractivity contribution is 5.75. The van der Waals surface area contributed by atoms with Crippen LogP contribution in [0.25, 0.3) is 11.2 Å². The van der Waals surface area contributed by atoms with Gasteiger partial charge in [-0.2, -0.15) is 0 Å². The molecule has 0 saturated carbocycles. The average molecular weight is 270 g/mol. The van der Waals surface area contributed by atoms with Gasteiger partial charge in [-0.15, -0.1) is 0 Å². The summed E-state index contributed by atoms with van der Waals surface area (Å²) < 4.78 is 0. The van der Waals surface area contributed by atoms with Gasteiger partial charge in [0.05, 0.1) is 19.2 Å². The third-order valence-corrected chi connectivity index (χ3v) is 1.88. The van der Waals surface area contributed by atoms with E-state index in [-0.39, 0.29) is 24.0 Å². The minimum Gasteiger partial charge on any atom is -0.481 e.